The number of ketones is 1. The normalized spacial score (nSPS) is 20.1. The van der Waals surface area contributed by atoms with E-state index in [0.717, 1.165) is 22.7 Å². The van der Waals surface area contributed by atoms with Gasteiger partial charge in [0, 0.05) is 51.5 Å². The van der Waals surface area contributed by atoms with Crippen LogP contribution >= 0.6 is 11.6 Å². The minimum atomic E-state index is -0.511. The second-order valence-electron chi connectivity index (χ2n) is 8.70. The van der Waals surface area contributed by atoms with Crippen molar-refractivity contribution >= 4 is 29.1 Å². The molecular formula is C27H24ClN3O3. The number of aryl methyl sites for hydroxylation is 1. The third-order valence-electron chi connectivity index (χ3n) is 6.35. The molecule has 0 saturated heterocycles. The number of allylic oxidation sites excluding steroid dienone is 3. The van der Waals surface area contributed by atoms with E-state index in [1.165, 1.54) is 0 Å². The predicted molar refractivity (Wildman–Crippen MR) is 130 cm³/mol. The van der Waals surface area contributed by atoms with Crippen molar-refractivity contribution < 1.29 is 14.0 Å². The first-order chi connectivity index (χ1) is 16.4. The number of Topliss-reactive ketones (excluding diaryl/α,β-unsaturated/α-hetero) is 1. The van der Waals surface area contributed by atoms with Crippen molar-refractivity contribution in [1.29, 1.82) is 0 Å². The number of rotatable bonds is 4. The molecule has 0 saturated carbocycles. The summed E-state index contributed by atoms with van der Waals surface area (Å²) in [6, 6.07) is 16.5. The van der Waals surface area contributed by atoms with Gasteiger partial charge in [-0.05, 0) is 62.2 Å². The fraction of sp³-hybridized carbons (Fsp3) is 0.222. The number of hydrogen-bond donors (Lipinski definition) is 2. The Bertz CT molecular complexity index is 1320. The smallest absolute Gasteiger partial charge is 0.255 e. The molecular weight excluding hydrogens is 450 g/mol. The number of nitrogens with zero attached hydrogens (tertiary/aromatic N) is 1. The maximum Gasteiger partial charge on any atom is 0.255 e. The Balaban J connectivity index is 1.56. The van der Waals surface area contributed by atoms with Gasteiger partial charge in [0.2, 0.25) is 0 Å². The average molecular weight is 474 g/mol. The number of hydrogen-bond acceptors (Lipinski definition) is 5. The summed E-state index contributed by atoms with van der Waals surface area (Å²) in [5, 5.41) is 6.87. The summed E-state index contributed by atoms with van der Waals surface area (Å²) in [5.74, 6) is 0.410. The molecule has 5 rings (SSSR count). The molecule has 1 amide bonds. The van der Waals surface area contributed by atoms with E-state index in [9.17, 15) is 9.59 Å². The van der Waals surface area contributed by atoms with Crippen LogP contribution in [0.4, 0.5) is 5.82 Å². The zero-order valence-electron chi connectivity index (χ0n) is 18.9. The first kappa shape index (κ1) is 22.2. The van der Waals surface area contributed by atoms with Gasteiger partial charge in [-0.25, -0.2) is 4.98 Å². The standard InChI is InChI=1S/C27H24ClN3O3/c1-15-5-3-7-23(29-15)31-27(33)24-16(2)30-20-13-18(22-6-4-12-34-22)14-21(32)26(20)25(24)17-8-10-19(28)11-9-17/h3-12,18,25,30H,13-14H2,1-2H3,(H,29,31,33)/t18-,25-/m0/s1. The molecule has 0 spiro atoms. The topological polar surface area (TPSA) is 84.2 Å². The summed E-state index contributed by atoms with van der Waals surface area (Å²) in [6.07, 6.45) is 2.58. The van der Waals surface area contributed by atoms with Crippen LogP contribution in [0, 0.1) is 6.92 Å². The molecule has 0 bridgehead atoms. The van der Waals surface area contributed by atoms with Crippen LogP contribution in [0.1, 0.15) is 48.6 Å². The third kappa shape index (κ3) is 4.17. The molecule has 172 valence electrons. The van der Waals surface area contributed by atoms with E-state index >= 15 is 0 Å². The molecule has 2 aromatic heterocycles. The Morgan fingerprint density at radius 1 is 1.09 bits per heavy atom. The van der Waals surface area contributed by atoms with Gasteiger partial charge in [0.05, 0.1) is 6.26 Å². The Kier molecular flexibility index (Phi) is 5.84. The minimum absolute atomic E-state index is 0.00146. The lowest BCUT2D eigenvalue weighted by atomic mass is 9.72. The van der Waals surface area contributed by atoms with E-state index in [0.29, 0.717) is 40.5 Å². The van der Waals surface area contributed by atoms with Gasteiger partial charge in [0.25, 0.3) is 5.91 Å². The van der Waals surface area contributed by atoms with Crippen LogP contribution < -0.4 is 10.6 Å². The van der Waals surface area contributed by atoms with Crippen LogP contribution in [0.2, 0.25) is 5.02 Å². The molecule has 34 heavy (non-hydrogen) atoms. The summed E-state index contributed by atoms with van der Waals surface area (Å²) < 4.78 is 5.59. The Morgan fingerprint density at radius 2 is 1.88 bits per heavy atom. The van der Waals surface area contributed by atoms with Crippen molar-refractivity contribution in [3.8, 4) is 0 Å². The van der Waals surface area contributed by atoms with Crippen LogP contribution in [0.3, 0.4) is 0 Å². The quantitative estimate of drug-likeness (QED) is 0.512. The number of pyridine rings is 1. The molecule has 3 heterocycles. The maximum absolute atomic E-state index is 13.5. The average Bonchev–Trinajstić information content (AvgIpc) is 3.33. The van der Waals surface area contributed by atoms with E-state index < -0.39 is 5.92 Å². The lowest BCUT2D eigenvalue weighted by Gasteiger charge is -2.36. The summed E-state index contributed by atoms with van der Waals surface area (Å²) in [6.45, 7) is 3.73. The van der Waals surface area contributed by atoms with Crippen molar-refractivity contribution in [1.82, 2.24) is 10.3 Å². The molecule has 3 aromatic rings. The van der Waals surface area contributed by atoms with E-state index in [4.69, 9.17) is 16.0 Å². The first-order valence-corrected chi connectivity index (χ1v) is 11.6. The lowest BCUT2D eigenvalue weighted by Crippen LogP contribution is -2.37. The predicted octanol–water partition coefficient (Wildman–Crippen LogP) is 5.64. The summed E-state index contributed by atoms with van der Waals surface area (Å²) in [7, 11) is 0. The van der Waals surface area contributed by atoms with Crippen molar-refractivity contribution in [3.63, 3.8) is 0 Å². The molecule has 0 fully saturated rings. The third-order valence-corrected chi connectivity index (χ3v) is 6.60. The Morgan fingerprint density at radius 3 is 2.59 bits per heavy atom. The van der Waals surface area contributed by atoms with E-state index in [-0.39, 0.29) is 17.6 Å². The fourth-order valence-corrected chi connectivity index (χ4v) is 4.98. The molecule has 2 aliphatic rings. The number of furan rings is 1. The fourth-order valence-electron chi connectivity index (χ4n) is 4.85. The number of aromatic nitrogens is 1. The van der Waals surface area contributed by atoms with Crippen LogP contribution in [-0.2, 0) is 9.59 Å². The maximum atomic E-state index is 13.5. The van der Waals surface area contributed by atoms with Gasteiger partial charge in [0.15, 0.2) is 5.78 Å². The zero-order chi connectivity index (χ0) is 23.8. The number of carbonyl (C=O) groups is 2. The molecule has 1 aromatic carbocycles. The summed E-state index contributed by atoms with van der Waals surface area (Å²) in [5.41, 5.74) is 4.30. The molecule has 0 radical (unpaired) electrons. The highest BCUT2D eigenvalue weighted by Crippen LogP contribution is 2.45. The molecule has 0 unspecified atom stereocenters. The Labute approximate surface area is 202 Å². The molecule has 1 aliphatic heterocycles. The van der Waals surface area contributed by atoms with Gasteiger partial charge in [0.1, 0.15) is 11.6 Å². The number of halogens is 1. The number of benzene rings is 1. The molecule has 6 nitrogen and oxygen atoms in total. The lowest BCUT2D eigenvalue weighted by molar-refractivity contribution is -0.116. The highest BCUT2D eigenvalue weighted by molar-refractivity contribution is 6.30. The van der Waals surface area contributed by atoms with Crippen LogP contribution in [-0.4, -0.2) is 16.7 Å². The van der Waals surface area contributed by atoms with Gasteiger partial charge >= 0.3 is 0 Å². The van der Waals surface area contributed by atoms with Crippen LogP contribution in [0.5, 0.6) is 0 Å². The molecule has 7 heteroatoms. The summed E-state index contributed by atoms with van der Waals surface area (Å²) >= 11 is 6.14. The van der Waals surface area contributed by atoms with Crippen LogP contribution in [0.15, 0.2) is 87.8 Å². The van der Waals surface area contributed by atoms with Gasteiger partial charge in [-0.15, -0.1) is 0 Å². The monoisotopic (exact) mass is 473 g/mol. The molecule has 2 N–H and O–H groups in total. The second-order valence-corrected chi connectivity index (χ2v) is 9.14. The number of nitrogens with one attached hydrogen (secondary N) is 2. The molecule has 2 atom stereocenters. The zero-order valence-corrected chi connectivity index (χ0v) is 19.6. The SMILES string of the molecule is CC1=C(C(=O)Nc2cccc(C)n2)[C@H](c2ccc(Cl)cc2)C2=C(C[C@H](c3ccco3)CC2=O)N1. The van der Waals surface area contributed by atoms with Crippen molar-refractivity contribution in [2.24, 2.45) is 0 Å². The number of dihydropyridines is 1. The largest absolute Gasteiger partial charge is 0.469 e. The van der Waals surface area contributed by atoms with Gasteiger partial charge in [-0.1, -0.05) is 29.8 Å². The van der Waals surface area contributed by atoms with Gasteiger partial charge < -0.3 is 15.1 Å². The number of amides is 1. The number of anilines is 1. The number of carbonyl (C=O) groups excluding carboxylic acids is 2. The molecule has 1 aliphatic carbocycles. The van der Waals surface area contributed by atoms with Crippen molar-refractivity contribution in [3.05, 3.63) is 105 Å². The summed E-state index contributed by atoms with van der Waals surface area (Å²) in [4.78, 5) is 31.5. The highest BCUT2D eigenvalue weighted by Gasteiger charge is 2.41. The Hall–Kier alpha value is -3.64. The van der Waals surface area contributed by atoms with Gasteiger partial charge in [-0.2, -0.15) is 0 Å². The highest BCUT2D eigenvalue weighted by atomic mass is 35.5. The first-order valence-electron chi connectivity index (χ1n) is 11.2. The van der Waals surface area contributed by atoms with E-state index in [1.54, 1.807) is 24.5 Å². The van der Waals surface area contributed by atoms with Crippen LogP contribution in [0.25, 0.3) is 0 Å². The van der Waals surface area contributed by atoms with E-state index in [2.05, 4.69) is 15.6 Å². The van der Waals surface area contributed by atoms with E-state index in [1.807, 2.05) is 50.2 Å². The second kappa shape index (κ2) is 8.95. The van der Waals surface area contributed by atoms with Gasteiger partial charge in [-0.3, -0.25) is 9.59 Å². The van der Waals surface area contributed by atoms with Crippen molar-refractivity contribution in [2.45, 2.75) is 38.5 Å². The van der Waals surface area contributed by atoms with Crippen molar-refractivity contribution in [2.75, 3.05) is 5.32 Å². The minimum Gasteiger partial charge on any atom is -0.469 e.